The fourth-order valence-corrected chi connectivity index (χ4v) is 4.84. The molecule has 0 saturated carbocycles. The van der Waals surface area contributed by atoms with Crippen LogP contribution in [-0.2, 0) is 6.42 Å². The minimum absolute atomic E-state index is 0.00563. The van der Waals surface area contributed by atoms with E-state index in [4.69, 9.17) is 14.2 Å². The van der Waals surface area contributed by atoms with Gasteiger partial charge in [-0.1, -0.05) is 39.0 Å². The van der Waals surface area contributed by atoms with E-state index in [1.54, 1.807) is 43.5 Å². The molecule has 3 aromatic rings. The Kier molecular flexibility index (Phi) is 11.6. The molecule has 236 valence electrons. The first-order valence-electron chi connectivity index (χ1n) is 14.6. The van der Waals surface area contributed by atoms with Crippen LogP contribution in [0.5, 0.6) is 23.0 Å². The van der Waals surface area contributed by atoms with Crippen molar-refractivity contribution in [2.24, 2.45) is 5.92 Å². The van der Waals surface area contributed by atoms with Crippen molar-refractivity contribution in [2.45, 2.75) is 65.3 Å². The summed E-state index contributed by atoms with van der Waals surface area (Å²) < 4.78 is 17.6. The number of aromatic hydroxyl groups is 1. The van der Waals surface area contributed by atoms with Crippen LogP contribution < -0.4 is 14.2 Å². The van der Waals surface area contributed by atoms with Gasteiger partial charge in [-0.2, -0.15) is 0 Å². The van der Waals surface area contributed by atoms with Crippen molar-refractivity contribution < 1.29 is 34.5 Å². The number of ether oxygens (including phenoxy) is 3. The number of non-ortho nitro benzene ring substituents is 1. The van der Waals surface area contributed by atoms with E-state index in [0.717, 1.165) is 16.7 Å². The third-order valence-electron chi connectivity index (χ3n) is 7.29. The lowest BCUT2D eigenvalue weighted by Crippen LogP contribution is -2.40. The van der Waals surface area contributed by atoms with Gasteiger partial charge in [-0.25, -0.2) is 0 Å². The predicted molar refractivity (Wildman–Crippen MR) is 174 cm³/mol. The molecule has 0 spiro atoms. The summed E-state index contributed by atoms with van der Waals surface area (Å²) in [6.45, 7) is 9.49. The van der Waals surface area contributed by atoms with E-state index in [-0.39, 0.29) is 23.8 Å². The molecule has 0 fully saturated rings. The monoisotopic (exact) mass is 605 g/mol. The zero-order chi connectivity index (χ0) is 32.6. The van der Waals surface area contributed by atoms with Gasteiger partial charge in [0.2, 0.25) is 0 Å². The first-order chi connectivity index (χ1) is 20.8. The smallest absolute Gasteiger partial charge is 0.269 e. The van der Waals surface area contributed by atoms with Gasteiger partial charge in [0.15, 0.2) is 11.5 Å². The zero-order valence-electron chi connectivity index (χ0n) is 26.4. The van der Waals surface area contributed by atoms with Crippen molar-refractivity contribution in [3.05, 3.63) is 86.5 Å². The normalized spacial score (nSPS) is 13.4. The number of aliphatic hydroxyl groups is 2. The van der Waals surface area contributed by atoms with Crippen LogP contribution in [0.25, 0.3) is 24.3 Å². The standard InChI is InChI=1S/C35H43NO8/c1-8-26-17-24(20-32(43-7)34(26)44-35(4,5)21-30(38)33(39)22(2)3)9-10-25-18-29(37)28(31(19-25)42-6)16-13-23-11-14-27(15-12-23)36(40)41/h9-20,22,30,33,37-39H,8,21H2,1-7H3/b10-9+,16-13+/t30-,33+/m1/s1. The van der Waals surface area contributed by atoms with Crippen LogP contribution in [0.4, 0.5) is 5.69 Å². The van der Waals surface area contributed by atoms with Gasteiger partial charge in [-0.3, -0.25) is 10.1 Å². The van der Waals surface area contributed by atoms with Crippen LogP contribution in [0.1, 0.15) is 68.9 Å². The molecule has 9 nitrogen and oxygen atoms in total. The second kappa shape index (κ2) is 14.9. The number of rotatable bonds is 14. The molecule has 3 N–H and O–H groups in total. The van der Waals surface area contributed by atoms with E-state index in [1.165, 1.54) is 19.2 Å². The SMILES string of the molecule is CCc1cc(/C=C/c2cc(O)c(/C=C/c3ccc([N+](=O)[O-])cc3)c(OC)c2)cc(OC)c1OC(C)(C)C[C@@H](O)[C@@H](O)C(C)C. The number of nitro benzene ring substituents is 1. The van der Waals surface area contributed by atoms with Crippen molar-refractivity contribution in [3.63, 3.8) is 0 Å². The molecule has 9 heteroatoms. The molecule has 3 rings (SSSR count). The molecule has 3 aromatic carbocycles. The number of phenolic OH excluding ortho intramolecular Hbond substituents is 1. The van der Waals surface area contributed by atoms with Crippen LogP contribution in [0.2, 0.25) is 0 Å². The number of benzene rings is 3. The molecule has 0 saturated heterocycles. The van der Waals surface area contributed by atoms with E-state index in [9.17, 15) is 25.4 Å². The molecular formula is C35H43NO8. The molecule has 0 heterocycles. The Morgan fingerprint density at radius 1 is 0.886 bits per heavy atom. The fourth-order valence-electron chi connectivity index (χ4n) is 4.84. The molecule has 0 aliphatic carbocycles. The number of phenols is 1. The Labute approximate surface area is 259 Å². The Balaban J connectivity index is 1.85. The minimum Gasteiger partial charge on any atom is -0.507 e. The van der Waals surface area contributed by atoms with Gasteiger partial charge in [-0.05, 0) is 90.9 Å². The molecule has 0 aromatic heterocycles. The summed E-state index contributed by atoms with van der Waals surface area (Å²) in [5, 5.41) is 42.5. The third kappa shape index (κ3) is 8.84. The maximum absolute atomic E-state index is 10.9. The van der Waals surface area contributed by atoms with E-state index in [2.05, 4.69) is 0 Å². The highest BCUT2D eigenvalue weighted by atomic mass is 16.6. The summed E-state index contributed by atoms with van der Waals surface area (Å²) in [5.41, 5.74) is 2.94. The molecule has 0 aliphatic rings. The van der Waals surface area contributed by atoms with Crippen LogP contribution in [0, 0.1) is 16.0 Å². The number of nitrogens with zero attached hydrogens (tertiary/aromatic N) is 1. The molecule has 0 bridgehead atoms. The lowest BCUT2D eigenvalue weighted by molar-refractivity contribution is -0.384. The van der Waals surface area contributed by atoms with Gasteiger partial charge in [0, 0.05) is 18.6 Å². The summed E-state index contributed by atoms with van der Waals surface area (Å²) in [6, 6.07) is 13.4. The summed E-state index contributed by atoms with van der Waals surface area (Å²) in [5.74, 6) is 1.54. The Morgan fingerprint density at radius 3 is 2.00 bits per heavy atom. The Hall–Kier alpha value is -4.34. The Morgan fingerprint density at radius 2 is 1.45 bits per heavy atom. The van der Waals surface area contributed by atoms with Crippen LogP contribution in [0.15, 0.2) is 48.5 Å². The summed E-state index contributed by atoms with van der Waals surface area (Å²) in [7, 11) is 3.10. The van der Waals surface area contributed by atoms with E-state index in [1.807, 2.05) is 58.9 Å². The van der Waals surface area contributed by atoms with Crippen molar-refractivity contribution in [2.75, 3.05) is 14.2 Å². The molecule has 0 unspecified atom stereocenters. The quantitative estimate of drug-likeness (QED) is 0.100. The maximum atomic E-state index is 10.9. The molecule has 44 heavy (non-hydrogen) atoms. The summed E-state index contributed by atoms with van der Waals surface area (Å²) in [6.07, 6.45) is 6.33. The van der Waals surface area contributed by atoms with Gasteiger partial charge in [0.1, 0.15) is 17.1 Å². The summed E-state index contributed by atoms with van der Waals surface area (Å²) in [4.78, 5) is 10.4. The van der Waals surface area contributed by atoms with Crippen molar-refractivity contribution in [1.82, 2.24) is 0 Å². The van der Waals surface area contributed by atoms with Crippen LogP contribution >= 0.6 is 0 Å². The lowest BCUT2D eigenvalue weighted by atomic mass is 9.92. The molecule has 0 aliphatic heterocycles. The minimum atomic E-state index is -0.930. The second-order valence-electron chi connectivity index (χ2n) is 11.6. The zero-order valence-corrected chi connectivity index (χ0v) is 26.4. The number of aliphatic hydroxyl groups excluding tert-OH is 2. The number of nitro groups is 1. The van der Waals surface area contributed by atoms with Gasteiger partial charge in [0.05, 0.1) is 36.9 Å². The lowest BCUT2D eigenvalue weighted by Gasteiger charge is -2.33. The number of aryl methyl sites for hydroxylation is 1. The maximum Gasteiger partial charge on any atom is 0.269 e. The van der Waals surface area contributed by atoms with Gasteiger partial charge < -0.3 is 29.5 Å². The van der Waals surface area contributed by atoms with E-state index < -0.39 is 22.7 Å². The average Bonchev–Trinajstić information content (AvgIpc) is 2.98. The molecule has 2 atom stereocenters. The van der Waals surface area contributed by atoms with Crippen molar-refractivity contribution in [3.8, 4) is 23.0 Å². The molecule has 0 amide bonds. The highest BCUT2D eigenvalue weighted by Crippen LogP contribution is 2.38. The topological polar surface area (TPSA) is 132 Å². The Bertz CT molecular complexity index is 1470. The van der Waals surface area contributed by atoms with Crippen molar-refractivity contribution in [1.29, 1.82) is 0 Å². The third-order valence-corrected chi connectivity index (χ3v) is 7.29. The number of hydrogen-bond acceptors (Lipinski definition) is 8. The first kappa shape index (κ1) is 34.2. The highest BCUT2D eigenvalue weighted by molar-refractivity contribution is 5.79. The van der Waals surface area contributed by atoms with Gasteiger partial charge in [-0.15, -0.1) is 0 Å². The highest BCUT2D eigenvalue weighted by Gasteiger charge is 2.31. The first-order valence-corrected chi connectivity index (χ1v) is 14.6. The second-order valence-corrected chi connectivity index (χ2v) is 11.6. The van der Waals surface area contributed by atoms with E-state index in [0.29, 0.717) is 34.8 Å². The average molecular weight is 606 g/mol. The number of hydrogen-bond donors (Lipinski definition) is 3. The number of methoxy groups -OCH3 is 2. The van der Waals surface area contributed by atoms with Crippen LogP contribution in [0.3, 0.4) is 0 Å². The summed E-state index contributed by atoms with van der Waals surface area (Å²) >= 11 is 0. The molecular weight excluding hydrogens is 562 g/mol. The van der Waals surface area contributed by atoms with Crippen molar-refractivity contribution >= 4 is 30.0 Å². The largest absolute Gasteiger partial charge is 0.507 e. The van der Waals surface area contributed by atoms with E-state index >= 15 is 0 Å². The fraction of sp³-hybridized carbons (Fsp3) is 0.371. The predicted octanol–water partition coefficient (Wildman–Crippen LogP) is 7.15. The van der Waals surface area contributed by atoms with Gasteiger partial charge >= 0.3 is 0 Å². The molecule has 0 radical (unpaired) electrons. The van der Waals surface area contributed by atoms with Crippen LogP contribution in [-0.4, -0.2) is 52.3 Å². The van der Waals surface area contributed by atoms with Gasteiger partial charge in [0.25, 0.3) is 5.69 Å².